The molecule has 1 N–H and O–H groups in total. The van der Waals surface area contributed by atoms with E-state index in [4.69, 9.17) is 4.74 Å². The minimum absolute atomic E-state index is 0.163. The van der Waals surface area contributed by atoms with Crippen LogP contribution in [0.2, 0.25) is 0 Å². The molecule has 0 amide bonds. The highest BCUT2D eigenvalue weighted by Gasteiger charge is 2.16. The van der Waals surface area contributed by atoms with E-state index >= 15 is 0 Å². The van der Waals surface area contributed by atoms with Crippen LogP contribution in [0.5, 0.6) is 5.75 Å². The van der Waals surface area contributed by atoms with Gasteiger partial charge >= 0.3 is 5.69 Å². The molecule has 104 valence electrons. The molecule has 0 unspecified atom stereocenters. The van der Waals surface area contributed by atoms with E-state index in [9.17, 15) is 10.1 Å². The summed E-state index contributed by atoms with van der Waals surface area (Å²) in [5, 5.41) is 13.8. The summed E-state index contributed by atoms with van der Waals surface area (Å²) >= 11 is 0. The summed E-state index contributed by atoms with van der Waals surface area (Å²) in [5.41, 5.74) is 0.527. The molecule has 0 saturated heterocycles. The second-order valence-corrected chi connectivity index (χ2v) is 3.99. The molecule has 0 spiro atoms. The van der Waals surface area contributed by atoms with Gasteiger partial charge in [-0.2, -0.15) is 0 Å². The molecule has 0 fully saturated rings. The number of aryl methyl sites for hydroxylation is 1. The first-order chi connectivity index (χ1) is 9.60. The maximum Gasteiger partial charge on any atom is 0.329 e. The fourth-order valence-electron chi connectivity index (χ4n) is 1.63. The van der Waals surface area contributed by atoms with Gasteiger partial charge in [0.1, 0.15) is 17.8 Å². The Morgan fingerprint density at radius 3 is 2.65 bits per heavy atom. The van der Waals surface area contributed by atoms with Crippen molar-refractivity contribution in [2.24, 2.45) is 0 Å². The molecule has 7 heteroatoms. The zero-order chi connectivity index (χ0) is 14.5. The Morgan fingerprint density at radius 2 is 2.05 bits per heavy atom. The van der Waals surface area contributed by atoms with Gasteiger partial charge in [-0.15, -0.1) is 0 Å². The first-order valence-electron chi connectivity index (χ1n) is 6.08. The fraction of sp³-hybridized carbons (Fsp3) is 0.231. The smallest absolute Gasteiger partial charge is 0.329 e. The van der Waals surface area contributed by atoms with Crippen LogP contribution in [0.4, 0.5) is 17.2 Å². The van der Waals surface area contributed by atoms with Crippen LogP contribution in [0.1, 0.15) is 12.7 Å². The molecule has 7 nitrogen and oxygen atoms in total. The molecule has 0 radical (unpaired) electrons. The van der Waals surface area contributed by atoms with Crippen molar-refractivity contribution in [3.05, 3.63) is 46.4 Å². The highest BCUT2D eigenvalue weighted by atomic mass is 16.6. The second-order valence-electron chi connectivity index (χ2n) is 3.99. The lowest BCUT2D eigenvalue weighted by atomic mass is 10.3. The number of nitrogens with zero attached hydrogens (tertiary/aromatic N) is 3. The topological polar surface area (TPSA) is 90.2 Å². The van der Waals surface area contributed by atoms with Crippen molar-refractivity contribution in [3.8, 4) is 5.75 Å². The summed E-state index contributed by atoms with van der Waals surface area (Å²) < 4.78 is 5.33. The molecule has 2 aromatic rings. The van der Waals surface area contributed by atoms with Gasteiger partial charge in [0, 0.05) is 5.69 Å². The predicted molar refractivity (Wildman–Crippen MR) is 74.3 cm³/mol. The van der Waals surface area contributed by atoms with Crippen LogP contribution < -0.4 is 10.1 Å². The highest BCUT2D eigenvalue weighted by Crippen LogP contribution is 2.25. The van der Waals surface area contributed by atoms with Gasteiger partial charge in [-0.3, -0.25) is 10.1 Å². The molecule has 1 aromatic carbocycles. The van der Waals surface area contributed by atoms with Gasteiger partial charge in [-0.1, -0.05) is 0 Å². The summed E-state index contributed by atoms with van der Waals surface area (Å²) in [6.07, 6.45) is 1.19. The van der Waals surface area contributed by atoms with Gasteiger partial charge in [-0.05, 0) is 38.1 Å². The quantitative estimate of drug-likeness (QED) is 0.666. The Morgan fingerprint density at radius 1 is 1.35 bits per heavy atom. The van der Waals surface area contributed by atoms with E-state index in [1.165, 1.54) is 6.20 Å². The highest BCUT2D eigenvalue weighted by molar-refractivity contribution is 5.65. The lowest BCUT2D eigenvalue weighted by Crippen LogP contribution is -2.02. The molecule has 20 heavy (non-hydrogen) atoms. The van der Waals surface area contributed by atoms with Crippen molar-refractivity contribution >= 4 is 17.2 Å². The molecule has 2 rings (SSSR count). The van der Waals surface area contributed by atoms with E-state index in [0.29, 0.717) is 18.1 Å². The lowest BCUT2D eigenvalue weighted by Gasteiger charge is -2.08. The first-order valence-corrected chi connectivity index (χ1v) is 6.08. The van der Waals surface area contributed by atoms with E-state index in [0.717, 1.165) is 5.75 Å². The van der Waals surface area contributed by atoms with E-state index < -0.39 is 4.92 Å². The van der Waals surface area contributed by atoms with Gasteiger partial charge in [0.15, 0.2) is 0 Å². The number of rotatable bonds is 5. The van der Waals surface area contributed by atoms with Crippen molar-refractivity contribution < 1.29 is 9.66 Å². The molecule has 1 aromatic heterocycles. The number of anilines is 2. The Bertz CT molecular complexity index is 614. The third-order valence-electron chi connectivity index (χ3n) is 2.51. The molecule has 0 aliphatic carbocycles. The summed E-state index contributed by atoms with van der Waals surface area (Å²) in [7, 11) is 0. The number of hydrogen-bond donors (Lipinski definition) is 1. The number of aromatic nitrogens is 2. The van der Waals surface area contributed by atoms with E-state index in [2.05, 4.69) is 15.3 Å². The normalized spacial score (nSPS) is 10.1. The predicted octanol–water partition coefficient (Wildman–Crippen LogP) is 2.84. The minimum Gasteiger partial charge on any atom is -0.494 e. The molecule has 1 heterocycles. The number of nitrogens with one attached hydrogen (secondary N) is 1. The van der Waals surface area contributed by atoms with Gasteiger partial charge in [0.05, 0.1) is 11.5 Å². The van der Waals surface area contributed by atoms with Crippen LogP contribution in [-0.2, 0) is 0 Å². The largest absolute Gasteiger partial charge is 0.494 e. The van der Waals surface area contributed by atoms with Gasteiger partial charge in [0.25, 0.3) is 0 Å². The Balaban J connectivity index is 2.25. The van der Waals surface area contributed by atoms with E-state index in [1.54, 1.807) is 31.2 Å². The lowest BCUT2D eigenvalue weighted by molar-refractivity contribution is -0.384. The van der Waals surface area contributed by atoms with Crippen LogP contribution in [0, 0.1) is 17.0 Å². The summed E-state index contributed by atoms with van der Waals surface area (Å²) in [4.78, 5) is 18.3. The van der Waals surface area contributed by atoms with Crippen molar-refractivity contribution in [1.82, 2.24) is 9.97 Å². The van der Waals surface area contributed by atoms with E-state index in [-0.39, 0.29) is 11.5 Å². The summed E-state index contributed by atoms with van der Waals surface area (Å²) in [6.45, 7) is 4.16. The Labute approximate surface area is 115 Å². The molecular formula is C13H14N4O3. The maximum absolute atomic E-state index is 10.9. The van der Waals surface area contributed by atoms with Crippen molar-refractivity contribution in [1.29, 1.82) is 0 Å². The van der Waals surface area contributed by atoms with Crippen molar-refractivity contribution in [2.75, 3.05) is 11.9 Å². The monoisotopic (exact) mass is 274 g/mol. The Hall–Kier alpha value is -2.70. The standard InChI is InChI=1S/C13H14N4O3/c1-3-20-11-6-4-10(5-7-11)16-13-12(17(18)19)8-14-9(2)15-13/h4-8H,3H2,1-2H3,(H,14,15,16). The average molecular weight is 274 g/mol. The van der Waals surface area contributed by atoms with Gasteiger partial charge in [-0.25, -0.2) is 9.97 Å². The minimum atomic E-state index is -0.518. The van der Waals surface area contributed by atoms with Crippen LogP contribution in [0.15, 0.2) is 30.5 Å². The number of nitro groups is 1. The second kappa shape index (κ2) is 5.96. The van der Waals surface area contributed by atoms with Crippen LogP contribution >= 0.6 is 0 Å². The SMILES string of the molecule is CCOc1ccc(Nc2nc(C)ncc2[N+](=O)[O-])cc1. The third kappa shape index (κ3) is 3.19. The molecular weight excluding hydrogens is 260 g/mol. The molecule has 0 bridgehead atoms. The fourth-order valence-corrected chi connectivity index (χ4v) is 1.63. The number of ether oxygens (including phenoxy) is 1. The molecule has 0 atom stereocenters. The number of benzene rings is 1. The molecule has 0 saturated carbocycles. The molecule has 0 aliphatic rings. The van der Waals surface area contributed by atoms with Crippen molar-refractivity contribution in [3.63, 3.8) is 0 Å². The van der Waals surface area contributed by atoms with Crippen molar-refractivity contribution in [2.45, 2.75) is 13.8 Å². The zero-order valence-corrected chi connectivity index (χ0v) is 11.2. The van der Waals surface area contributed by atoms with Gasteiger partial charge < -0.3 is 10.1 Å². The van der Waals surface area contributed by atoms with Gasteiger partial charge in [0.2, 0.25) is 5.82 Å². The van der Waals surface area contributed by atoms with Crippen LogP contribution in [0.3, 0.4) is 0 Å². The summed E-state index contributed by atoms with van der Waals surface area (Å²) in [5.74, 6) is 1.38. The van der Waals surface area contributed by atoms with E-state index in [1.807, 2.05) is 6.92 Å². The zero-order valence-electron chi connectivity index (χ0n) is 11.2. The number of hydrogen-bond acceptors (Lipinski definition) is 6. The summed E-state index contributed by atoms with van der Waals surface area (Å²) in [6, 6.07) is 7.11. The van der Waals surface area contributed by atoms with Crippen LogP contribution in [0.25, 0.3) is 0 Å². The maximum atomic E-state index is 10.9. The molecule has 0 aliphatic heterocycles. The van der Waals surface area contributed by atoms with Crippen LogP contribution in [-0.4, -0.2) is 21.5 Å². The average Bonchev–Trinajstić information content (AvgIpc) is 2.41. The Kier molecular flexibility index (Phi) is 4.09. The third-order valence-corrected chi connectivity index (χ3v) is 2.51. The first kappa shape index (κ1) is 13.7.